The molecule has 0 aliphatic rings. The second-order valence-electron chi connectivity index (χ2n) is 26.7. The number of ketones is 2. The van der Waals surface area contributed by atoms with E-state index in [1.807, 2.05) is 36.4 Å². The third-order valence-electron chi connectivity index (χ3n) is 18.2. The van der Waals surface area contributed by atoms with E-state index in [9.17, 15) is 72.5 Å². The van der Waals surface area contributed by atoms with E-state index in [0.717, 1.165) is 40.7 Å². The number of terminal acetylenes is 2. The van der Waals surface area contributed by atoms with Crippen LogP contribution in [-0.2, 0) is 35.4 Å². The largest absolute Gasteiger partial charge is 0.481 e. The van der Waals surface area contributed by atoms with Gasteiger partial charge in [-0.25, -0.2) is 24.0 Å². The van der Waals surface area contributed by atoms with Crippen LogP contribution in [0.1, 0.15) is 182 Å². The second-order valence-corrected chi connectivity index (χ2v) is 26.7. The molecule has 5 amide bonds. The maximum absolute atomic E-state index is 12.7. The van der Waals surface area contributed by atoms with Crippen molar-refractivity contribution < 1.29 is 93.0 Å². The molecule has 12 aromatic carbocycles. The van der Waals surface area contributed by atoms with Crippen LogP contribution in [0.3, 0.4) is 0 Å². The molecule has 0 radical (unpaired) electrons. The Morgan fingerprint density at radius 3 is 1.20 bits per heavy atom. The predicted octanol–water partition coefficient (Wildman–Crippen LogP) is 17.3. The molecule has 0 bridgehead atoms. The number of carbonyl (C=O) groups is 13. The van der Waals surface area contributed by atoms with Crippen molar-refractivity contribution in [2.75, 3.05) is 16.0 Å². The SMILES string of the molecule is C.C#Cc1ccc(NC(=O)c2ccccc2-c2ccc(C(=O)O)cc2)cc1.C#Cc1ccc(NC(=O)c2ccccc2-c2ccccc2C(=O)O)cc1.CC(=O)c1ccc(CNC(=O)c2ccccc2C(=O)O)c(C(C)=O)c1.CCCc1ccc(NC(=O)c2ccccc2CC(=O)O)cc1.O=C(O)c1ccccc1C(=O)NC(Cc1ccccc1)C(=O)O. The molecule has 0 fully saturated rings. The average Bonchev–Trinajstić information content (AvgIpc) is 0.804. The molecule has 0 saturated heterocycles. The van der Waals surface area contributed by atoms with Crippen LogP contribution < -0.4 is 26.6 Å². The Bertz CT molecular complexity index is 5950. The lowest BCUT2D eigenvalue weighted by Crippen LogP contribution is -2.42. The highest BCUT2D eigenvalue weighted by molar-refractivity contribution is 6.12. The number of aromatic carboxylic acids is 4. The second kappa shape index (κ2) is 46.3. The van der Waals surface area contributed by atoms with E-state index >= 15 is 0 Å². The molecule has 0 aliphatic heterocycles. The molecule has 620 valence electrons. The highest BCUT2D eigenvalue weighted by Crippen LogP contribution is 2.30. The molecule has 12 rings (SSSR count). The molecule has 0 heterocycles. The summed E-state index contributed by atoms with van der Waals surface area (Å²) >= 11 is 0. The molecule has 12 aromatic rings. The van der Waals surface area contributed by atoms with Crippen molar-refractivity contribution in [1.29, 1.82) is 0 Å². The van der Waals surface area contributed by atoms with Gasteiger partial charge < -0.3 is 57.2 Å². The summed E-state index contributed by atoms with van der Waals surface area (Å²) in [4.78, 5) is 153. The van der Waals surface area contributed by atoms with Crippen molar-refractivity contribution in [3.05, 3.63) is 386 Å². The number of benzene rings is 12. The Morgan fingerprint density at radius 1 is 0.350 bits per heavy atom. The molecule has 0 aliphatic carbocycles. The smallest absolute Gasteiger partial charge is 0.336 e. The number of nitrogens with one attached hydrogen (secondary N) is 5. The highest BCUT2D eigenvalue weighted by atomic mass is 16.4. The lowest BCUT2D eigenvalue weighted by atomic mass is 9.95. The first-order valence-electron chi connectivity index (χ1n) is 37.5. The zero-order valence-electron chi connectivity index (χ0n) is 66.0. The first-order valence-corrected chi connectivity index (χ1v) is 37.5. The van der Waals surface area contributed by atoms with Crippen molar-refractivity contribution in [3.63, 3.8) is 0 Å². The van der Waals surface area contributed by atoms with Gasteiger partial charge in [0.2, 0.25) is 0 Å². The van der Waals surface area contributed by atoms with E-state index in [2.05, 4.69) is 45.3 Å². The third-order valence-corrected chi connectivity index (χ3v) is 18.2. The summed E-state index contributed by atoms with van der Waals surface area (Å²) in [7, 11) is 0. The first kappa shape index (κ1) is 93.4. The normalized spacial score (nSPS) is 10.3. The summed E-state index contributed by atoms with van der Waals surface area (Å²) in [6.45, 7) is 4.95. The Balaban J connectivity index is 0.000000211. The quantitative estimate of drug-likeness (QED) is 0.0177. The van der Waals surface area contributed by atoms with Gasteiger partial charge >= 0.3 is 35.8 Å². The van der Waals surface area contributed by atoms with Crippen LogP contribution in [0.15, 0.2) is 291 Å². The van der Waals surface area contributed by atoms with Crippen molar-refractivity contribution in [1.82, 2.24) is 10.6 Å². The zero-order valence-corrected chi connectivity index (χ0v) is 66.0. The molecule has 24 heteroatoms. The molecule has 0 aromatic heterocycles. The van der Waals surface area contributed by atoms with Gasteiger partial charge in [-0.05, 0) is 192 Å². The van der Waals surface area contributed by atoms with Crippen LogP contribution in [0.25, 0.3) is 22.3 Å². The lowest BCUT2D eigenvalue weighted by Gasteiger charge is -2.15. The van der Waals surface area contributed by atoms with Crippen LogP contribution in [0.2, 0.25) is 0 Å². The first-order chi connectivity index (χ1) is 58.6. The summed E-state index contributed by atoms with van der Waals surface area (Å²) in [5.74, 6) is -4.10. The number of Topliss-reactive ketones (excluding diaryl/α,β-unsaturated/α-hetero) is 2. The van der Waals surface area contributed by atoms with Gasteiger partial charge in [-0.15, -0.1) is 12.8 Å². The van der Waals surface area contributed by atoms with Crippen molar-refractivity contribution in [3.8, 4) is 46.9 Å². The molecule has 1 unspecified atom stereocenters. The molecule has 1 atom stereocenters. The van der Waals surface area contributed by atoms with Gasteiger partial charge in [-0.3, -0.25) is 38.4 Å². The minimum Gasteiger partial charge on any atom is -0.481 e. The van der Waals surface area contributed by atoms with Gasteiger partial charge in [0.15, 0.2) is 11.6 Å². The number of aryl methyl sites for hydroxylation is 1. The predicted molar refractivity (Wildman–Crippen MR) is 469 cm³/mol. The van der Waals surface area contributed by atoms with E-state index in [0.29, 0.717) is 67.1 Å². The summed E-state index contributed by atoms with van der Waals surface area (Å²) in [5, 5.41) is 68.3. The Morgan fingerprint density at radius 2 is 0.748 bits per heavy atom. The summed E-state index contributed by atoms with van der Waals surface area (Å²) < 4.78 is 0. The lowest BCUT2D eigenvalue weighted by molar-refractivity contribution is -0.139. The van der Waals surface area contributed by atoms with E-state index in [-0.39, 0.29) is 89.5 Å². The number of amides is 5. The number of carboxylic acid groups (broad SMARTS) is 6. The number of aliphatic carboxylic acids is 2. The number of carbonyl (C=O) groups excluding carboxylic acids is 7. The summed E-state index contributed by atoms with van der Waals surface area (Å²) in [6.07, 6.45) is 12.7. The molecule has 123 heavy (non-hydrogen) atoms. The van der Waals surface area contributed by atoms with E-state index in [1.54, 1.807) is 188 Å². The van der Waals surface area contributed by atoms with Crippen molar-refractivity contribution in [2.24, 2.45) is 0 Å². The number of hydrogen-bond donors (Lipinski definition) is 11. The number of anilines is 3. The van der Waals surface area contributed by atoms with Gasteiger partial charge in [0.25, 0.3) is 29.5 Å². The number of rotatable bonds is 26. The minimum atomic E-state index is -1.24. The monoisotopic (exact) mass is 1650 g/mol. The Hall–Kier alpha value is -16.7. The topological polar surface area (TPSA) is 403 Å². The van der Waals surface area contributed by atoms with Crippen LogP contribution in [-0.4, -0.2) is 114 Å². The van der Waals surface area contributed by atoms with E-state index < -0.39 is 53.7 Å². The maximum atomic E-state index is 12.7. The Kier molecular flexibility index (Phi) is 35.1. The van der Waals surface area contributed by atoms with Gasteiger partial charge in [0.05, 0.1) is 39.8 Å². The number of carboxylic acids is 6. The van der Waals surface area contributed by atoms with Gasteiger partial charge in [-0.2, -0.15) is 0 Å². The molecular formula is C99H85N5O19. The Labute approximate surface area is 709 Å². The fourth-order valence-electron chi connectivity index (χ4n) is 12.1. The standard InChI is InChI=1S/2C22H15NO3.C19H17NO5.C18H19NO3.C17H15NO5.CH4/c1-2-15-11-13-16(14-12-15)23-21(24)19-9-5-3-7-17(19)18-8-4-6-10-20(18)22(25)26;1-2-15-7-13-18(14-8-15)23-21(24)20-6-4-3-5-19(20)16-9-11-17(12-10-16)22(25)26;1-11(21)13-7-8-14(17(9-13)12(2)22)10-20-18(23)15-5-3-4-6-16(15)19(24)25;1-2-5-13-8-10-15(11-9-13)19-18(22)16-7-4-3-6-14(16)12-17(20)21;19-15(12-8-4-5-9-13(12)16(20)21)18-14(17(22)23)10-11-6-2-1-3-7-11;/h2*1,3-14H,(H,23,24)(H,25,26);3-9H,10H2,1-2H3,(H,20,23)(H,24,25);3-4,6-11H,2,5,12H2,1H3,(H,19,22)(H,20,21);1-9,14H,10H2,(H,18,19)(H,20,21)(H,22,23);1H4. The molecule has 0 spiro atoms. The number of hydrogen-bond acceptors (Lipinski definition) is 13. The maximum Gasteiger partial charge on any atom is 0.336 e. The van der Waals surface area contributed by atoms with Crippen molar-refractivity contribution >= 4 is 94.0 Å². The van der Waals surface area contributed by atoms with Crippen LogP contribution in [0, 0.1) is 24.7 Å². The van der Waals surface area contributed by atoms with Gasteiger partial charge in [-0.1, -0.05) is 196 Å². The molecule has 24 nitrogen and oxygen atoms in total. The fourth-order valence-corrected chi connectivity index (χ4v) is 12.1. The van der Waals surface area contributed by atoms with E-state index in [4.69, 9.17) is 33.3 Å². The minimum absolute atomic E-state index is 0. The third kappa shape index (κ3) is 27.4. The van der Waals surface area contributed by atoms with Crippen LogP contribution in [0.5, 0.6) is 0 Å². The zero-order chi connectivity index (χ0) is 88.4. The molecule has 11 N–H and O–H groups in total. The fraction of sp³-hybridized carbons (Fsp3) is 0.101. The van der Waals surface area contributed by atoms with Crippen LogP contribution in [0.4, 0.5) is 17.1 Å². The van der Waals surface area contributed by atoms with Crippen LogP contribution >= 0.6 is 0 Å². The molecule has 0 saturated carbocycles. The van der Waals surface area contributed by atoms with Gasteiger partial charge in [0.1, 0.15) is 6.04 Å². The molecular weight excluding hydrogens is 1560 g/mol. The van der Waals surface area contributed by atoms with E-state index in [1.165, 1.54) is 86.1 Å². The average molecular weight is 1650 g/mol. The summed E-state index contributed by atoms with van der Waals surface area (Å²) in [6, 6.07) is 79.5. The summed E-state index contributed by atoms with van der Waals surface area (Å²) in [5.41, 5.74) is 11.1. The highest BCUT2D eigenvalue weighted by Gasteiger charge is 2.26. The van der Waals surface area contributed by atoms with Gasteiger partial charge in [0, 0.05) is 69.0 Å². The van der Waals surface area contributed by atoms with Crippen molar-refractivity contribution in [2.45, 2.75) is 66.5 Å².